The van der Waals surface area contributed by atoms with Crippen LogP contribution in [0.15, 0.2) is 24.3 Å². The molecule has 0 aliphatic heterocycles. The molecular formula is C18H29FN2. The summed E-state index contributed by atoms with van der Waals surface area (Å²) in [6, 6.07) is 6.80. The van der Waals surface area contributed by atoms with Gasteiger partial charge >= 0.3 is 0 Å². The summed E-state index contributed by atoms with van der Waals surface area (Å²) in [5.41, 5.74) is 7.81. The van der Waals surface area contributed by atoms with Gasteiger partial charge in [-0.25, -0.2) is 4.39 Å². The minimum Gasteiger partial charge on any atom is -0.329 e. The molecule has 1 aliphatic rings. The maximum atomic E-state index is 13.0. The van der Waals surface area contributed by atoms with Crippen LogP contribution in [-0.2, 0) is 6.54 Å². The number of rotatable bonds is 4. The fourth-order valence-corrected chi connectivity index (χ4v) is 3.97. The molecule has 0 amide bonds. The second-order valence-electron chi connectivity index (χ2n) is 7.56. The Morgan fingerprint density at radius 3 is 2.38 bits per heavy atom. The van der Waals surface area contributed by atoms with Crippen molar-refractivity contribution in [1.82, 2.24) is 4.90 Å². The van der Waals surface area contributed by atoms with Gasteiger partial charge in [0.05, 0.1) is 0 Å². The second kappa shape index (κ2) is 6.05. The highest BCUT2D eigenvalue weighted by molar-refractivity contribution is 5.16. The van der Waals surface area contributed by atoms with Crippen LogP contribution in [0.5, 0.6) is 0 Å². The van der Waals surface area contributed by atoms with E-state index in [0.29, 0.717) is 17.9 Å². The predicted molar refractivity (Wildman–Crippen MR) is 86.4 cm³/mol. The average Bonchev–Trinajstić information content (AvgIpc) is 2.41. The molecule has 2 N–H and O–H groups in total. The van der Waals surface area contributed by atoms with Crippen molar-refractivity contribution in [2.45, 2.75) is 52.1 Å². The van der Waals surface area contributed by atoms with E-state index in [1.165, 1.54) is 25.0 Å². The van der Waals surface area contributed by atoms with Crippen molar-refractivity contribution in [2.24, 2.45) is 17.1 Å². The molecule has 0 bridgehead atoms. The van der Waals surface area contributed by atoms with Gasteiger partial charge in [-0.05, 0) is 55.3 Å². The van der Waals surface area contributed by atoms with Gasteiger partial charge in [0.25, 0.3) is 0 Å². The zero-order valence-electron chi connectivity index (χ0n) is 13.8. The fraction of sp³-hybridized carbons (Fsp3) is 0.667. The van der Waals surface area contributed by atoms with Crippen LogP contribution in [0.1, 0.15) is 45.6 Å². The second-order valence-corrected chi connectivity index (χ2v) is 7.56. The quantitative estimate of drug-likeness (QED) is 0.914. The highest BCUT2D eigenvalue weighted by Gasteiger charge is 2.45. The molecule has 0 heterocycles. The van der Waals surface area contributed by atoms with Gasteiger partial charge in [-0.2, -0.15) is 0 Å². The average molecular weight is 292 g/mol. The Morgan fingerprint density at radius 2 is 1.86 bits per heavy atom. The Bertz CT molecular complexity index is 469. The first-order valence-electron chi connectivity index (χ1n) is 7.95. The lowest BCUT2D eigenvalue weighted by molar-refractivity contribution is -0.0117. The number of hydrogen-bond acceptors (Lipinski definition) is 2. The van der Waals surface area contributed by atoms with E-state index in [0.717, 1.165) is 18.5 Å². The Kier molecular flexibility index (Phi) is 4.74. The van der Waals surface area contributed by atoms with E-state index in [4.69, 9.17) is 5.73 Å². The SMILES string of the molecule is CC1CC(C)(C)CCC1(CN)N(C)Cc1ccc(F)cc1. The van der Waals surface area contributed by atoms with Crippen molar-refractivity contribution in [3.63, 3.8) is 0 Å². The highest BCUT2D eigenvalue weighted by Crippen LogP contribution is 2.46. The molecule has 2 atom stereocenters. The summed E-state index contributed by atoms with van der Waals surface area (Å²) >= 11 is 0. The zero-order chi connectivity index (χ0) is 15.7. The van der Waals surface area contributed by atoms with Crippen molar-refractivity contribution in [1.29, 1.82) is 0 Å². The smallest absolute Gasteiger partial charge is 0.123 e. The predicted octanol–water partition coefficient (Wildman–Crippen LogP) is 3.80. The van der Waals surface area contributed by atoms with Gasteiger partial charge in [-0.3, -0.25) is 4.90 Å². The van der Waals surface area contributed by atoms with E-state index in [1.54, 1.807) is 0 Å². The number of likely N-dealkylation sites (N-methyl/N-ethyl adjacent to an activating group) is 1. The maximum Gasteiger partial charge on any atom is 0.123 e. The Morgan fingerprint density at radius 1 is 1.24 bits per heavy atom. The molecule has 1 saturated carbocycles. The zero-order valence-corrected chi connectivity index (χ0v) is 13.8. The van der Waals surface area contributed by atoms with Gasteiger partial charge in [-0.1, -0.05) is 32.9 Å². The van der Waals surface area contributed by atoms with Crippen molar-refractivity contribution < 1.29 is 4.39 Å². The van der Waals surface area contributed by atoms with E-state index < -0.39 is 0 Å². The fourth-order valence-electron chi connectivity index (χ4n) is 3.97. The molecule has 21 heavy (non-hydrogen) atoms. The maximum absolute atomic E-state index is 13.0. The van der Waals surface area contributed by atoms with E-state index in [2.05, 4.69) is 32.7 Å². The molecule has 0 aromatic heterocycles. The van der Waals surface area contributed by atoms with Crippen molar-refractivity contribution in [2.75, 3.05) is 13.6 Å². The lowest BCUT2D eigenvalue weighted by atomic mass is 9.63. The van der Waals surface area contributed by atoms with Crippen LogP contribution in [0.25, 0.3) is 0 Å². The first-order chi connectivity index (χ1) is 9.79. The largest absolute Gasteiger partial charge is 0.329 e. The monoisotopic (exact) mass is 292 g/mol. The van der Waals surface area contributed by atoms with Gasteiger partial charge < -0.3 is 5.73 Å². The van der Waals surface area contributed by atoms with Crippen molar-refractivity contribution >= 4 is 0 Å². The summed E-state index contributed by atoms with van der Waals surface area (Å²) < 4.78 is 13.0. The molecule has 1 aromatic carbocycles. The normalized spacial score (nSPS) is 28.8. The number of nitrogens with zero attached hydrogens (tertiary/aromatic N) is 1. The van der Waals surface area contributed by atoms with Crippen LogP contribution in [0.3, 0.4) is 0 Å². The van der Waals surface area contributed by atoms with Crippen molar-refractivity contribution in [3.05, 3.63) is 35.6 Å². The number of benzene rings is 1. The third-order valence-corrected chi connectivity index (χ3v) is 5.46. The molecule has 1 aliphatic carbocycles. The highest BCUT2D eigenvalue weighted by atomic mass is 19.1. The topological polar surface area (TPSA) is 29.3 Å². The Labute approximate surface area is 128 Å². The van der Waals surface area contributed by atoms with Crippen LogP contribution in [-0.4, -0.2) is 24.0 Å². The molecule has 118 valence electrons. The van der Waals surface area contributed by atoms with Gasteiger partial charge in [0, 0.05) is 18.6 Å². The van der Waals surface area contributed by atoms with Gasteiger partial charge in [-0.15, -0.1) is 0 Å². The number of hydrogen-bond donors (Lipinski definition) is 1. The molecule has 0 radical (unpaired) electrons. The van der Waals surface area contributed by atoms with Gasteiger partial charge in [0.2, 0.25) is 0 Å². The molecule has 0 spiro atoms. The lowest BCUT2D eigenvalue weighted by Gasteiger charge is -2.52. The first kappa shape index (κ1) is 16.4. The minimum atomic E-state index is -0.178. The summed E-state index contributed by atoms with van der Waals surface area (Å²) in [7, 11) is 2.16. The standard InChI is InChI=1S/C18H29FN2/c1-14-11-17(2,3)9-10-18(14,13-20)21(4)12-15-5-7-16(19)8-6-15/h5-8,14H,9-13,20H2,1-4H3. The Hall–Kier alpha value is -0.930. The van der Waals surface area contributed by atoms with Gasteiger partial charge in [0.15, 0.2) is 0 Å². The third-order valence-electron chi connectivity index (χ3n) is 5.46. The summed E-state index contributed by atoms with van der Waals surface area (Å²) in [4.78, 5) is 2.39. The van der Waals surface area contributed by atoms with Crippen molar-refractivity contribution in [3.8, 4) is 0 Å². The lowest BCUT2D eigenvalue weighted by Crippen LogP contribution is -2.59. The molecule has 2 nitrogen and oxygen atoms in total. The molecule has 2 rings (SSSR count). The molecule has 2 unspecified atom stereocenters. The molecule has 1 aromatic rings. The van der Waals surface area contributed by atoms with Gasteiger partial charge in [0.1, 0.15) is 5.82 Å². The molecular weight excluding hydrogens is 263 g/mol. The van der Waals surface area contributed by atoms with E-state index in [9.17, 15) is 4.39 Å². The third kappa shape index (κ3) is 3.46. The summed E-state index contributed by atoms with van der Waals surface area (Å²) in [6.07, 6.45) is 3.55. The van der Waals surface area contributed by atoms with Crippen LogP contribution in [0.2, 0.25) is 0 Å². The summed E-state index contributed by atoms with van der Waals surface area (Å²) in [5, 5.41) is 0. The van der Waals surface area contributed by atoms with E-state index >= 15 is 0 Å². The van der Waals surface area contributed by atoms with E-state index in [-0.39, 0.29) is 11.4 Å². The van der Waals surface area contributed by atoms with E-state index in [1.807, 2.05) is 12.1 Å². The summed E-state index contributed by atoms with van der Waals surface area (Å²) in [6.45, 7) is 8.53. The number of nitrogens with two attached hydrogens (primary N) is 1. The Balaban J connectivity index is 2.14. The van der Waals surface area contributed by atoms with Crippen LogP contribution < -0.4 is 5.73 Å². The first-order valence-corrected chi connectivity index (χ1v) is 7.95. The van der Waals surface area contributed by atoms with Crippen LogP contribution in [0, 0.1) is 17.2 Å². The molecule has 0 saturated heterocycles. The summed E-state index contributed by atoms with van der Waals surface area (Å²) in [5.74, 6) is 0.388. The minimum absolute atomic E-state index is 0.0594. The molecule has 3 heteroatoms. The molecule has 1 fully saturated rings. The van der Waals surface area contributed by atoms with Crippen LogP contribution >= 0.6 is 0 Å². The van der Waals surface area contributed by atoms with Crippen LogP contribution in [0.4, 0.5) is 4.39 Å². The number of halogens is 1.